The first kappa shape index (κ1) is 13.3. The number of hydrogen-bond donors (Lipinski definition) is 2. The number of aromatic amines is 1. The lowest BCUT2D eigenvalue weighted by atomic mass is 10.0. The van der Waals surface area contributed by atoms with Gasteiger partial charge in [-0.25, -0.2) is 0 Å². The van der Waals surface area contributed by atoms with Gasteiger partial charge >= 0.3 is 0 Å². The van der Waals surface area contributed by atoms with Crippen LogP contribution < -0.4 is 9.47 Å². The third-order valence-corrected chi connectivity index (χ3v) is 3.79. The minimum absolute atomic E-state index is 0.0232. The van der Waals surface area contributed by atoms with E-state index in [1.807, 2.05) is 18.2 Å². The zero-order chi connectivity index (χ0) is 15.1. The Morgan fingerprint density at radius 1 is 1.24 bits per heavy atom. The Hall–Kier alpha value is -2.69. The number of aromatic hydroxyl groups is 1. The van der Waals surface area contributed by atoms with Crippen LogP contribution in [0.5, 0.6) is 17.2 Å². The van der Waals surface area contributed by atoms with Crippen LogP contribution >= 0.6 is 0 Å². The third kappa shape index (κ3) is 1.74. The van der Waals surface area contributed by atoms with E-state index in [4.69, 9.17) is 9.47 Å². The van der Waals surface area contributed by atoms with Crippen LogP contribution in [-0.2, 0) is 0 Å². The van der Waals surface area contributed by atoms with Crippen LogP contribution in [-0.4, -0.2) is 30.6 Å². The van der Waals surface area contributed by atoms with Gasteiger partial charge in [0.2, 0.25) is 0 Å². The van der Waals surface area contributed by atoms with Crippen LogP contribution in [0.4, 0.5) is 0 Å². The summed E-state index contributed by atoms with van der Waals surface area (Å²) >= 11 is 0. The van der Waals surface area contributed by atoms with Crippen molar-refractivity contribution in [2.24, 2.45) is 0 Å². The second-order valence-electron chi connectivity index (χ2n) is 4.82. The molecule has 0 saturated heterocycles. The number of phenolic OH excluding ortho intramolecular Hbond substituents is 1. The number of nitrogens with one attached hydrogen (secondary N) is 1. The number of aromatic nitrogens is 1. The molecule has 0 radical (unpaired) electrons. The Bertz CT molecular complexity index is 864. The molecule has 108 valence electrons. The summed E-state index contributed by atoms with van der Waals surface area (Å²) in [6, 6.07) is 5.49. The summed E-state index contributed by atoms with van der Waals surface area (Å²) in [6.45, 7) is 1.74. The molecule has 0 bridgehead atoms. The van der Waals surface area contributed by atoms with Gasteiger partial charge < -0.3 is 19.6 Å². The Labute approximate surface area is 121 Å². The topological polar surface area (TPSA) is 71.6 Å². The SMILES string of the molecule is COc1ccc2[nH]c3c(C=O)c(C)c(OC)c(O)c3c2c1. The molecule has 1 aromatic heterocycles. The van der Waals surface area contributed by atoms with E-state index in [0.29, 0.717) is 33.5 Å². The molecule has 5 heteroatoms. The number of H-pyrrole nitrogens is 1. The van der Waals surface area contributed by atoms with Crippen molar-refractivity contribution in [1.82, 2.24) is 4.98 Å². The summed E-state index contributed by atoms with van der Waals surface area (Å²) < 4.78 is 10.5. The van der Waals surface area contributed by atoms with E-state index in [9.17, 15) is 9.90 Å². The highest BCUT2D eigenvalue weighted by Gasteiger charge is 2.20. The maximum Gasteiger partial charge on any atom is 0.168 e. The number of carbonyl (C=O) groups is 1. The number of aldehydes is 1. The second kappa shape index (κ2) is 4.70. The molecule has 0 aliphatic carbocycles. The molecule has 0 spiro atoms. The average molecular weight is 285 g/mol. The molecule has 3 rings (SSSR count). The monoisotopic (exact) mass is 285 g/mol. The van der Waals surface area contributed by atoms with E-state index in [-0.39, 0.29) is 5.75 Å². The fraction of sp³-hybridized carbons (Fsp3) is 0.188. The first-order chi connectivity index (χ1) is 10.1. The highest BCUT2D eigenvalue weighted by Crippen LogP contribution is 2.44. The highest BCUT2D eigenvalue weighted by molar-refractivity contribution is 6.16. The molecule has 0 unspecified atom stereocenters. The minimum atomic E-state index is 0.0232. The van der Waals surface area contributed by atoms with Crippen LogP contribution in [0.15, 0.2) is 18.2 Å². The number of methoxy groups -OCH3 is 2. The van der Waals surface area contributed by atoms with Crippen molar-refractivity contribution in [2.75, 3.05) is 14.2 Å². The molecule has 0 aliphatic heterocycles. The van der Waals surface area contributed by atoms with Crippen LogP contribution in [0.1, 0.15) is 15.9 Å². The summed E-state index contributed by atoms with van der Waals surface area (Å²) in [5.74, 6) is 1.01. The zero-order valence-corrected chi connectivity index (χ0v) is 12.0. The van der Waals surface area contributed by atoms with Crippen LogP contribution in [0.2, 0.25) is 0 Å². The molecule has 2 aromatic carbocycles. The fourth-order valence-electron chi connectivity index (χ4n) is 2.74. The number of ether oxygens (including phenoxy) is 2. The Morgan fingerprint density at radius 3 is 2.62 bits per heavy atom. The maximum atomic E-state index is 11.4. The normalized spacial score (nSPS) is 11.0. The van der Waals surface area contributed by atoms with Crippen molar-refractivity contribution < 1.29 is 19.4 Å². The van der Waals surface area contributed by atoms with Crippen molar-refractivity contribution in [3.8, 4) is 17.2 Å². The van der Waals surface area contributed by atoms with E-state index < -0.39 is 0 Å². The molecule has 0 atom stereocenters. The van der Waals surface area contributed by atoms with Gasteiger partial charge in [-0.15, -0.1) is 0 Å². The van der Waals surface area contributed by atoms with Gasteiger partial charge in [-0.3, -0.25) is 4.79 Å². The molecule has 0 aliphatic rings. The van der Waals surface area contributed by atoms with Crippen molar-refractivity contribution in [3.63, 3.8) is 0 Å². The standard InChI is InChI=1S/C16H15NO4/c1-8-11(7-18)14-13(15(19)16(8)21-3)10-6-9(20-2)4-5-12(10)17-14/h4-7,17,19H,1-3H3. The van der Waals surface area contributed by atoms with E-state index in [1.54, 1.807) is 14.0 Å². The van der Waals surface area contributed by atoms with Crippen molar-refractivity contribution in [1.29, 1.82) is 0 Å². The smallest absolute Gasteiger partial charge is 0.168 e. The summed E-state index contributed by atoms with van der Waals surface area (Å²) in [6.07, 6.45) is 0.770. The van der Waals surface area contributed by atoms with Gasteiger partial charge in [0.1, 0.15) is 5.75 Å². The summed E-state index contributed by atoms with van der Waals surface area (Å²) in [4.78, 5) is 14.6. The van der Waals surface area contributed by atoms with Crippen LogP contribution in [0, 0.1) is 6.92 Å². The first-order valence-electron chi connectivity index (χ1n) is 6.46. The van der Waals surface area contributed by atoms with Gasteiger partial charge in [0.15, 0.2) is 17.8 Å². The Balaban J connectivity index is 2.56. The Kier molecular flexibility index (Phi) is 2.97. The van der Waals surface area contributed by atoms with Crippen LogP contribution in [0.3, 0.4) is 0 Å². The molecule has 0 amide bonds. The van der Waals surface area contributed by atoms with Crippen LogP contribution in [0.25, 0.3) is 21.8 Å². The molecular weight excluding hydrogens is 270 g/mol. The lowest BCUT2D eigenvalue weighted by Crippen LogP contribution is -1.95. The van der Waals surface area contributed by atoms with Gasteiger partial charge in [-0.05, 0) is 25.1 Å². The predicted octanol–water partition coefficient (Wildman–Crippen LogP) is 3.16. The second-order valence-corrected chi connectivity index (χ2v) is 4.82. The van der Waals surface area contributed by atoms with Gasteiger partial charge in [-0.2, -0.15) is 0 Å². The first-order valence-corrected chi connectivity index (χ1v) is 6.46. The van der Waals surface area contributed by atoms with E-state index in [0.717, 1.165) is 17.2 Å². The van der Waals surface area contributed by atoms with Gasteiger partial charge in [-0.1, -0.05) is 0 Å². The number of fused-ring (bicyclic) bond motifs is 3. The molecule has 21 heavy (non-hydrogen) atoms. The lowest BCUT2D eigenvalue weighted by molar-refractivity contribution is 0.112. The van der Waals surface area contributed by atoms with Gasteiger partial charge in [0, 0.05) is 22.0 Å². The fourth-order valence-corrected chi connectivity index (χ4v) is 2.74. The molecule has 5 nitrogen and oxygen atoms in total. The van der Waals surface area contributed by atoms with E-state index in [2.05, 4.69) is 4.98 Å². The van der Waals surface area contributed by atoms with Crippen molar-refractivity contribution in [3.05, 3.63) is 29.3 Å². The lowest BCUT2D eigenvalue weighted by Gasteiger charge is -2.11. The molecule has 2 N–H and O–H groups in total. The third-order valence-electron chi connectivity index (χ3n) is 3.79. The largest absolute Gasteiger partial charge is 0.504 e. The molecular formula is C16H15NO4. The van der Waals surface area contributed by atoms with E-state index in [1.165, 1.54) is 7.11 Å². The van der Waals surface area contributed by atoms with Crippen molar-refractivity contribution in [2.45, 2.75) is 6.92 Å². The predicted molar refractivity (Wildman–Crippen MR) is 80.7 cm³/mol. The quantitative estimate of drug-likeness (QED) is 0.725. The maximum absolute atomic E-state index is 11.4. The number of hydrogen-bond acceptors (Lipinski definition) is 4. The molecule has 3 aromatic rings. The number of carbonyl (C=O) groups excluding carboxylic acids is 1. The van der Waals surface area contributed by atoms with Gasteiger partial charge in [0.25, 0.3) is 0 Å². The van der Waals surface area contributed by atoms with Gasteiger partial charge in [0.05, 0.1) is 25.1 Å². The molecule has 1 heterocycles. The molecule has 0 fully saturated rings. The highest BCUT2D eigenvalue weighted by atomic mass is 16.5. The Morgan fingerprint density at radius 2 is 2.00 bits per heavy atom. The van der Waals surface area contributed by atoms with E-state index >= 15 is 0 Å². The minimum Gasteiger partial charge on any atom is -0.504 e. The number of benzene rings is 2. The number of phenols is 1. The molecule has 0 saturated carbocycles. The summed E-state index contributed by atoms with van der Waals surface area (Å²) in [5.41, 5.74) is 2.51. The number of rotatable bonds is 3. The zero-order valence-electron chi connectivity index (χ0n) is 12.0. The summed E-state index contributed by atoms with van der Waals surface area (Å²) in [7, 11) is 3.05. The van der Waals surface area contributed by atoms with Crippen molar-refractivity contribution >= 4 is 28.1 Å². The summed E-state index contributed by atoms with van der Waals surface area (Å²) in [5, 5.41) is 11.8. The average Bonchev–Trinajstić information content (AvgIpc) is 2.86.